The molecule has 7 nitrogen and oxygen atoms in total. The van der Waals surface area contributed by atoms with Crippen LogP contribution in [0.1, 0.15) is 32.1 Å². The maximum Gasteiger partial charge on any atom is 0.326 e. The first-order chi connectivity index (χ1) is 9.49. The lowest BCUT2D eigenvalue weighted by Crippen LogP contribution is -2.49. The van der Waals surface area contributed by atoms with Gasteiger partial charge in [-0.2, -0.15) is 11.8 Å². The van der Waals surface area contributed by atoms with Crippen molar-refractivity contribution >= 4 is 29.7 Å². The summed E-state index contributed by atoms with van der Waals surface area (Å²) in [6, 6.07) is -1.46. The maximum atomic E-state index is 11.7. The molecular weight excluding hydrogens is 284 g/mol. The van der Waals surface area contributed by atoms with Gasteiger partial charge in [0.25, 0.3) is 0 Å². The predicted octanol–water partition coefficient (Wildman–Crippen LogP) is 0.889. The predicted molar refractivity (Wildman–Crippen MR) is 74.9 cm³/mol. The van der Waals surface area contributed by atoms with Gasteiger partial charge in [0.15, 0.2) is 0 Å². The second kappa shape index (κ2) is 8.68. The number of carbonyl (C=O) groups is 3. The first kappa shape index (κ1) is 16.6. The average molecular weight is 304 g/mol. The Morgan fingerprint density at radius 3 is 2.40 bits per heavy atom. The Hall–Kier alpha value is -1.44. The van der Waals surface area contributed by atoms with E-state index in [2.05, 4.69) is 10.6 Å². The lowest BCUT2D eigenvalue weighted by atomic mass is 10.1. The Labute approximate surface area is 121 Å². The third-order valence-corrected chi connectivity index (χ3v) is 4.09. The van der Waals surface area contributed by atoms with Gasteiger partial charge in [0.1, 0.15) is 6.04 Å². The molecular formula is C12H20N2O5S. The number of carboxylic acids is 2. The molecule has 1 fully saturated rings. The SMILES string of the molecule is O=C(O)CCC[C@@H](NC(=O)NC1CCSCC1)C(=O)O. The molecule has 8 heteroatoms. The minimum Gasteiger partial charge on any atom is -0.481 e. The van der Waals surface area contributed by atoms with Gasteiger partial charge < -0.3 is 20.8 Å². The number of nitrogens with one attached hydrogen (secondary N) is 2. The highest BCUT2D eigenvalue weighted by molar-refractivity contribution is 7.99. The maximum absolute atomic E-state index is 11.7. The van der Waals surface area contributed by atoms with Gasteiger partial charge in [0, 0.05) is 12.5 Å². The van der Waals surface area contributed by atoms with Crippen LogP contribution in [0.4, 0.5) is 4.79 Å². The van der Waals surface area contributed by atoms with Crippen LogP contribution in [0.2, 0.25) is 0 Å². The van der Waals surface area contributed by atoms with Crippen molar-refractivity contribution in [2.75, 3.05) is 11.5 Å². The van der Waals surface area contributed by atoms with E-state index >= 15 is 0 Å². The standard InChI is InChI=1S/C12H20N2O5S/c15-10(16)3-1-2-9(11(17)18)14-12(19)13-8-4-6-20-7-5-8/h8-9H,1-7H2,(H,15,16)(H,17,18)(H2,13,14,19)/t9-/m1/s1. The molecule has 0 aliphatic carbocycles. The van der Waals surface area contributed by atoms with Crippen LogP contribution in [0.3, 0.4) is 0 Å². The molecule has 0 bridgehead atoms. The molecule has 0 aromatic heterocycles. The molecule has 4 N–H and O–H groups in total. The summed E-state index contributed by atoms with van der Waals surface area (Å²) in [6.07, 6.45) is 1.98. The third-order valence-electron chi connectivity index (χ3n) is 3.04. The van der Waals surface area contributed by atoms with E-state index in [9.17, 15) is 14.4 Å². The zero-order chi connectivity index (χ0) is 15.0. The minimum atomic E-state index is -1.15. The highest BCUT2D eigenvalue weighted by atomic mass is 32.2. The summed E-state index contributed by atoms with van der Waals surface area (Å²) in [7, 11) is 0. The summed E-state index contributed by atoms with van der Waals surface area (Å²) in [4.78, 5) is 33.1. The zero-order valence-electron chi connectivity index (χ0n) is 11.1. The number of aliphatic carboxylic acids is 2. The number of thioether (sulfide) groups is 1. The second-order valence-corrected chi connectivity index (χ2v) is 5.91. The van der Waals surface area contributed by atoms with Gasteiger partial charge in [-0.05, 0) is 37.2 Å². The number of carbonyl (C=O) groups excluding carboxylic acids is 1. The van der Waals surface area contributed by atoms with Crippen LogP contribution in [-0.4, -0.2) is 51.8 Å². The molecule has 0 radical (unpaired) electrons. The van der Waals surface area contributed by atoms with Gasteiger partial charge in [-0.3, -0.25) is 4.79 Å². The Kier molecular flexibility index (Phi) is 7.21. The number of rotatable bonds is 7. The summed E-state index contributed by atoms with van der Waals surface area (Å²) in [5.74, 6) is -0.138. The lowest BCUT2D eigenvalue weighted by molar-refractivity contribution is -0.140. The Balaban J connectivity index is 2.33. The smallest absolute Gasteiger partial charge is 0.326 e. The molecule has 1 aliphatic heterocycles. The molecule has 0 saturated carbocycles. The van der Waals surface area contributed by atoms with Crippen molar-refractivity contribution in [1.29, 1.82) is 0 Å². The van der Waals surface area contributed by atoms with E-state index in [0.717, 1.165) is 24.3 Å². The molecule has 1 atom stereocenters. The fourth-order valence-electron chi connectivity index (χ4n) is 1.94. The van der Waals surface area contributed by atoms with Crippen molar-refractivity contribution < 1.29 is 24.6 Å². The molecule has 114 valence electrons. The molecule has 0 spiro atoms. The average Bonchev–Trinajstić information content (AvgIpc) is 2.38. The number of hydrogen-bond acceptors (Lipinski definition) is 4. The van der Waals surface area contributed by atoms with Crippen LogP contribution in [-0.2, 0) is 9.59 Å². The van der Waals surface area contributed by atoms with E-state index in [1.165, 1.54) is 0 Å². The largest absolute Gasteiger partial charge is 0.481 e. The summed E-state index contributed by atoms with van der Waals surface area (Å²) in [5.41, 5.74) is 0. The normalized spacial score (nSPS) is 17.2. The Morgan fingerprint density at radius 1 is 1.20 bits per heavy atom. The first-order valence-electron chi connectivity index (χ1n) is 6.58. The van der Waals surface area contributed by atoms with E-state index < -0.39 is 24.0 Å². The summed E-state index contributed by atoms with van der Waals surface area (Å²) < 4.78 is 0. The van der Waals surface area contributed by atoms with Crippen LogP contribution in [0.5, 0.6) is 0 Å². The number of hydrogen-bond donors (Lipinski definition) is 4. The van der Waals surface area contributed by atoms with Crippen LogP contribution in [0, 0.1) is 0 Å². The number of amides is 2. The molecule has 0 aromatic carbocycles. The molecule has 0 aromatic rings. The molecule has 2 amide bonds. The van der Waals surface area contributed by atoms with E-state index in [4.69, 9.17) is 10.2 Å². The fraction of sp³-hybridized carbons (Fsp3) is 0.750. The van der Waals surface area contributed by atoms with E-state index in [-0.39, 0.29) is 25.3 Å². The number of carboxylic acid groups (broad SMARTS) is 2. The molecule has 1 rings (SSSR count). The Bertz CT molecular complexity index is 358. The van der Waals surface area contributed by atoms with E-state index in [0.29, 0.717) is 0 Å². The van der Waals surface area contributed by atoms with Crippen molar-refractivity contribution in [3.8, 4) is 0 Å². The summed E-state index contributed by atoms with van der Waals surface area (Å²) in [5, 5.41) is 22.7. The van der Waals surface area contributed by atoms with E-state index in [1.54, 1.807) is 0 Å². The third kappa shape index (κ3) is 6.65. The first-order valence-corrected chi connectivity index (χ1v) is 7.74. The van der Waals surface area contributed by atoms with Crippen LogP contribution in [0.15, 0.2) is 0 Å². The van der Waals surface area contributed by atoms with Gasteiger partial charge in [-0.1, -0.05) is 0 Å². The van der Waals surface area contributed by atoms with Crippen molar-refractivity contribution in [3.63, 3.8) is 0 Å². The second-order valence-electron chi connectivity index (χ2n) is 4.68. The summed E-state index contributed by atoms with van der Waals surface area (Å²) >= 11 is 1.84. The lowest BCUT2D eigenvalue weighted by Gasteiger charge is -2.23. The van der Waals surface area contributed by atoms with Crippen molar-refractivity contribution in [1.82, 2.24) is 10.6 Å². The highest BCUT2D eigenvalue weighted by Gasteiger charge is 2.22. The van der Waals surface area contributed by atoms with Gasteiger partial charge >= 0.3 is 18.0 Å². The molecule has 1 saturated heterocycles. The zero-order valence-corrected chi connectivity index (χ0v) is 11.9. The van der Waals surface area contributed by atoms with Crippen molar-refractivity contribution in [2.24, 2.45) is 0 Å². The molecule has 1 aliphatic rings. The number of urea groups is 1. The quantitative estimate of drug-likeness (QED) is 0.555. The highest BCUT2D eigenvalue weighted by Crippen LogP contribution is 2.16. The van der Waals surface area contributed by atoms with Crippen molar-refractivity contribution in [3.05, 3.63) is 0 Å². The minimum absolute atomic E-state index is 0.0877. The van der Waals surface area contributed by atoms with Gasteiger partial charge in [-0.15, -0.1) is 0 Å². The van der Waals surface area contributed by atoms with Gasteiger partial charge in [0.2, 0.25) is 0 Å². The molecule has 1 heterocycles. The molecule has 0 unspecified atom stereocenters. The van der Waals surface area contributed by atoms with Crippen LogP contribution in [0.25, 0.3) is 0 Å². The topological polar surface area (TPSA) is 116 Å². The van der Waals surface area contributed by atoms with E-state index in [1.807, 2.05) is 11.8 Å². The fourth-order valence-corrected chi connectivity index (χ4v) is 3.05. The van der Waals surface area contributed by atoms with Crippen LogP contribution >= 0.6 is 11.8 Å². The van der Waals surface area contributed by atoms with Gasteiger partial charge in [-0.25, -0.2) is 9.59 Å². The van der Waals surface area contributed by atoms with Crippen LogP contribution < -0.4 is 10.6 Å². The monoisotopic (exact) mass is 304 g/mol. The van der Waals surface area contributed by atoms with Gasteiger partial charge in [0.05, 0.1) is 0 Å². The Morgan fingerprint density at radius 2 is 1.85 bits per heavy atom. The molecule has 20 heavy (non-hydrogen) atoms. The summed E-state index contributed by atoms with van der Waals surface area (Å²) in [6.45, 7) is 0. The van der Waals surface area contributed by atoms with Crippen molar-refractivity contribution in [2.45, 2.75) is 44.2 Å².